The van der Waals surface area contributed by atoms with Crippen molar-refractivity contribution in [2.75, 3.05) is 19.8 Å². The summed E-state index contributed by atoms with van der Waals surface area (Å²) in [6, 6.07) is 2.00. The lowest BCUT2D eigenvalue weighted by Gasteiger charge is -2.28. The summed E-state index contributed by atoms with van der Waals surface area (Å²) < 4.78 is 11.4. The third kappa shape index (κ3) is 1.54. The zero-order valence-corrected chi connectivity index (χ0v) is 9.87. The first-order valence-corrected chi connectivity index (χ1v) is 6.24. The first kappa shape index (κ1) is 10.2. The van der Waals surface area contributed by atoms with Crippen LogP contribution in [-0.4, -0.2) is 30.8 Å². The van der Waals surface area contributed by atoms with Gasteiger partial charge in [0.25, 0.3) is 0 Å². The second kappa shape index (κ2) is 3.88. The van der Waals surface area contributed by atoms with Crippen LogP contribution in [0.4, 0.5) is 0 Å². The molecule has 0 N–H and O–H groups in total. The molecule has 1 saturated heterocycles. The highest BCUT2D eigenvalue weighted by atomic mass is 16.5. The quantitative estimate of drug-likeness (QED) is 0.649. The van der Waals surface area contributed by atoms with Crippen LogP contribution >= 0.6 is 0 Å². The lowest BCUT2D eigenvalue weighted by molar-refractivity contribution is -0.0273. The van der Waals surface area contributed by atoms with Crippen LogP contribution in [0.3, 0.4) is 0 Å². The fourth-order valence-electron chi connectivity index (χ4n) is 2.56. The van der Waals surface area contributed by atoms with E-state index in [1.54, 1.807) is 6.20 Å². The number of rotatable bonds is 0. The molecule has 0 spiro atoms. The standard InChI is InChI=1S/C13H13N3O2/c1-3-14-12-8(1)5-10-13(16-12)18-11-7-17-4-2-9(11)6-15-10/h1,3,5,9,11H,2,4,6-7H2/t9-,11-/m0/s1. The highest BCUT2D eigenvalue weighted by Gasteiger charge is 2.30. The molecule has 4 rings (SSSR count). The van der Waals surface area contributed by atoms with Gasteiger partial charge < -0.3 is 9.47 Å². The Morgan fingerprint density at radius 3 is 3.33 bits per heavy atom. The lowest BCUT2D eigenvalue weighted by atomic mass is 9.97. The van der Waals surface area contributed by atoms with Gasteiger partial charge in [0, 0.05) is 30.8 Å². The topological polar surface area (TPSA) is 56.1 Å². The molecule has 5 nitrogen and oxygen atoms in total. The Morgan fingerprint density at radius 1 is 1.33 bits per heavy atom. The average molecular weight is 243 g/mol. The van der Waals surface area contributed by atoms with E-state index in [1.165, 1.54) is 0 Å². The van der Waals surface area contributed by atoms with Gasteiger partial charge in [0.2, 0.25) is 5.88 Å². The SMILES string of the molecule is C1=Cc2cc3c(nc2=N1)O[C@H]1COCC[C@H]1CN=3. The molecule has 0 unspecified atom stereocenters. The molecule has 1 aromatic rings. The minimum absolute atomic E-state index is 0.0728. The maximum Gasteiger partial charge on any atom is 0.241 e. The molecule has 92 valence electrons. The van der Waals surface area contributed by atoms with Crippen molar-refractivity contribution < 1.29 is 9.47 Å². The highest BCUT2D eigenvalue weighted by Crippen LogP contribution is 2.21. The van der Waals surface area contributed by atoms with Crippen LogP contribution < -0.4 is 15.6 Å². The van der Waals surface area contributed by atoms with Gasteiger partial charge in [-0.1, -0.05) is 0 Å². The van der Waals surface area contributed by atoms with Gasteiger partial charge in [-0.3, -0.25) is 4.99 Å². The summed E-state index contributed by atoms with van der Waals surface area (Å²) in [6.45, 7) is 2.23. The third-order valence-corrected chi connectivity index (χ3v) is 3.63. The van der Waals surface area contributed by atoms with E-state index in [-0.39, 0.29) is 6.10 Å². The van der Waals surface area contributed by atoms with Crippen molar-refractivity contribution in [3.63, 3.8) is 0 Å². The molecule has 0 saturated carbocycles. The van der Waals surface area contributed by atoms with Gasteiger partial charge in [0.1, 0.15) is 11.5 Å². The number of fused-ring (bicyclic) bond motifs is 3. The Bertz CT molecular complexity index is 638. The summed E-state index contributed by atoms with van der Waals surface area (Å²) in [5.74, 6) is 1.04. The Balaban J connectivity index is 1.81. The summed E-state index contributed by atoms with van der Waals surface area (Å²) in [5, 5.41) is 0.838. The van der Waals surface area contributed by atoms with Crippen molar-refractivity contribution >= 4 is 6.08 Å². The second-order valence-electron chi connectivity index (χ2n) is 4.79. The van der Waals surface area contributed by atoms with Crippen molar-refractivity contribution in [3.8, 4) is 5.88 Å². The lowest BCUT2D eigenvalue weighted by Crippen LogP contribution is -2.38. The number of nitrogens with zero attached hydrogens (tertiary/aromatic N) is 3. The van der Waals surface area contributed by atoms with E-state index >= 15 is 0 Å². The van der Waals surface area contributed by atoms with Crippen LogP contribution in [0.1, 0.15) is 12.0 Å². The maximum absolute atomic E-state index is 5.97. The van der Waals surface area contributed by atoms with Crippen molar-refractivity contribution in [2.45, 2.75) is 12.5 Å². The summed E-state index contributed by atoms with van der Waals surface area (Å²) >= 11 is 0. The zero-order chi connectivity index (χ0) is 11.9. The summed E-state index contributed by atoms with van der Waals surface area (Å²) in [7, 11) is 0. The number of aromatic nitrogens is 1. The maximum atomic E-state index is 5.97. The van der Waals surface area contributed by atoms with Crippen LogP contribution in [-0.2, 0) is 4.74 Å². The van der Waals surface area contributed by atoms with Gasteiger partial charge >= 0.3 is 0 Å². The van der Waals surface area contributed by atoms with Gasteiger partial charge in [-0.05, 0) is 18.6 Å². The molecule has 3 aliphatic heterocycles. The molecule has 18 heavy (non-hydrogen) atoms. The molecule has 0 aromatic carbocycles. The average Bonchev–Trinajstić information content (AvgIpc) is 2.76. The smallest absolute Gasteiger partial charge is 0.241 e. The fourth-order valence-corrected chi connectivity index (χ4v) is 2.56. The molecule has 0 amide bonds. The molecule has 0 radical (unpaired) electrons. The molecule has 1 fully saturated rings. The van der Waals surface area contributed by atoms with Crippen molar-refractivity contribution in [1.82, 2.24) is 4.98 Å². The monoisotopic (exact) mass is 243 g/mol. The number of pyridine rings is 1. The van der Waals surface area contributed by atoms with E-state index in [4.69, 9.17) is 9.47 Å². The van der Waals surface area contributed by atoms with Crippen molar-refractivity contribution in [3.05, 3.63) is 28.7 Å². The fraction of sp³-hybridized carbons (Fsp3) is 0.462. The van der Waals surface area contributed by atoms with Crippen LogP contribution in [0, 0.1) is 5.92 Å². The summed E-state index contributed by atoms with van der Waals surface area (Å²) in [4.78, 5) is 13.3. The molecule has 2 atom stereocenters. The Hall–Kier alpha value is -1.75. The minimum atomic E-state index is 0.0728. The Labute approximate surface area is 104 Å². The van der Waals surface area contributed by atoms with E-state index in [1.807, 2.05) is 12.1 Å². The van der Waals surface area contributed by atoms with E-state index in [2.05, 4.69) is 15.0 Å². The van der Waals surface area contributed by atoms with Crippen LogP contribution in [0.5, 0.6) is 5.88 Å². The van der Waals surface area contributed by atoms with Gasteiger partial charge in [-0.2, -0.15) is 4.98 Å². The predicted octanol–water partition coefficient (Wildman–Crippen LogP) is 0.103. The molecular weight excluding hydrogens is 230 g/mol. The third-order valence-electron chi connectivity index (χ3n) is 3.63. The van der Waals surface area contributed by atoms with E-state index < -0.39 is 0 Å². The Kier molecular flexibility index (Phi) is 2.20. The van der Waals surface area contributed by atoms with Gasteiger partial charge in [-0.15, -0.1) is 0 Å². The minimum Gasteiger partial charge on any atom is -0.470 e. The first-order chi connectivity index (χ1) is 8.90. The molecule has 4 heterocycles. The summed E-state index contributed by atoms with van der Waals surface area (Å²) in [5.41, 5.74) is 1.74. The van der Waals surface area contributed by atoms with E-state index in [0.29, 0.717) is 18.4 Å². The van der Waals surface area contributed by atoms with Gasteiger partial charge in [-0.25, -0.2) is 4.99 Å². The number of hydrogen-bond acceptors (Lipinski definition) is 5. The highest BCUT2D eigenvalue weighted by molar-refractivity contribution is 5.50. The largest absolute Gasteiger partial charge is 0.470 e. The molecular formula is C13H13N3O2. The van der Waals surface area contributed by atoms with E-state index in [0.717, 1.165) is 36.0 Å². The molecule has 5 heteroatoms. The van der Waals surface area contributed by atoms with Crippen molar-refractivity contribution in [1.29, 1.82) is 0 Å². The van der Waals surface area contributed by atoms with E-state index in [9.17, 15) is 0 Å². The molecule has 3 aliphatic rings. The van der Waals surface area contributed by atoms with Crippen LogP contribution in [0.25, 0.3) is 6.08 Å². The predicted molar refractivity (Wildman–Crippen MR) is 63.8 cm³/mol. The first-order valence-electron chi connectivity index (χ1n) is 6.24. The molecule has 1 aromatic heterocycles. The van der Waals surface area contributed by atoms with Crippen LogP contribution in [0.2, 0.25) is 0 Å². The number of hydrogen-bond donors (Lipinski definition) is 0. The van der Waals surface area contributed by atoms with Crippen LogP contribution in [0.15, 0.2) is 22.3 Å². The van der Waals surface area contributed by atoms with Gasteiger partial charge in [0.15, 0.2) is 5.49 Å². The molecule has 0 aliphatic carbocycles. The van der Waals surface area contributed by atoms with Crippen molar-refractivity contribution in [2.24, 2.45) is 15.9 Å². The Morgan fingerprint density at radius 2 is 2.33 bits per heavy atom. The zero-order valence-electron chi connectivity index (χ0n) is 9.87. The molecule has 0 bridgehead atoms. The number of ether oxygens (including phenoxy) is 2. The summed E-state index contributed by atoms with van der Waals surface area (Å²) in [6.07, 6.45) is 4.78. The second-order valence-corrected chi connectivity index (χ2v) is 4.79. The van der Waals surface area contributed by atoms with Gasteiger partial charge in [0.05, 0.1) is 6.61 Å². The normalized spacial score (nSPS) is 28.0.